The molecule has 4 heterocycles. The summed E-state index contributed by atoms with van der Waals surface area (Å²) in [5.74, 6) is -1.43. The fraction of sp³-hybridized carbons (Fsp3) is 0.464. The first-order valence-electron chi connectivity index (χ1n) is 13.4. The molecule has 0 aliphatic carbocycles. The molecule has 10 nitrogen and oxygen atoms in total. The van der Waals surface area contributed by atoms with Gasteiger partial charge < -0.3 is 24.4 Å². The second-order valence-electron chi connectivity index (χ2n) is 10.6. The first-order chi connectivity index (χ1) is 20.0. The summed E-state index contributed by atoms with van der Waals surface area (Å²) < 4.78 is 56.0. The number of thiazole rings is 1. The van der Waals surface area contributed by atoms with Gasteiger partial charge in [0.15, 0.2) is 0 Å². The van der Waals surface area contributed by atoms with Gasteiger partial charge in [0.1, 0.15) is 16.9 Å². The molecule has 2 atom stereocenters. The molecule has 42 heavy (non-hydrogen) atoms. The molecule has 2 bridgehead atoms. The first-order valence-corrected chi connectivity index (χ1v) is 14.2. The topological polar surface area (TPSA) is 116 Å². The van der Waals surface area contributed by atoms with Crippen molar-refractivity contribution >= 4 is 23.3 Å². The van der Waals surface area contributed by atoms with Crippen LogP contribution in [0.15, 0.2) is 36.8 Å². The van der Waals surface area contributed by atoms with Crippen molar-refractivity contribution < 1.29 is 37.0 Å². The van der Waals surface area contributed by atoms with Crippen LogP contribution in [-0.2, 0) is 22.2 Å². The number of amides is 2. The molecule has 1 N–H and O–H groups in total. The lowest BCUT2D eigenvalue weighted by Gasteiger charge is -2.46. The predicted octanol–water partition coefficient (Wildman–Crippen LogP) is 4.73. The molecule has 1 aromatic carbocycles. The van der Waals surface area contributed by atoms with Crippen LogP contribution in [0, 0.1) is 18.8 Å². The average Bonchev–Trinajstić information content (AvgIpc) is 3.37. The van der Waals surface area contributed by atoms with Crippen molar-refractivity contribution in [3.8, 4) is 16.3 Å². The molecule has 14 heteroatoms. The zero-order valence-electron chi connectivity index (χ0n) is 23.2. The normalized spacial score (nSPS) is 20.4. The minimum absolute atomic E-state index is 0.0693. The number of likely N-dealkylation sites (tertiary alicyclic amines) is 1. The van der Waals surface area contributed by atoms with E-state index in [-0.39, 0.29) is 36.7 Å². The van der Waals surface area contributed by atoms with Gasteiger partial charge in [-0.25, -0.2) is 19.7 Å². The van der Waals surface area contributed by atoms with Crippen molar-refractivity contribution in [3.63, 3.8) is 0 Å². The van der Waals surface area contributed by atoms with Crippen LogP contribution in [0.1, 0.15) is 40.5 Å². The largest absolute Gasteiger partial charge is 0.489 e. The number of rotatable bonds is 7. The highest BCUT2D eigenvalue weighted by molar-refractivity contribution is 7.14. The molecular weight excluding hydrogens is 575 g/mol. The van der Waals surface area contributed by atoms with E-state index < -0.39 is 17.9 Å². The van der Waals surface area contributed by atoms with Crippen LogP contribution in [0.25, 0.3) is 10.6 Å². The number of halogens is 3. The maximum Gasteiger partial charge on any atom is 0.451 e. The molecular formula is C28H30F3N5O5S. The van der Waals surface area contributed by atoms with E-state index in [1.807, 2.05) is 13.0 Å². The fourth-order valence-corrected chi connectivity index (χ4v) is 5.71. The van der Waals surface area contributed by atoms with Crippen LogP contribution in [-0.4, -0.2) is 70.4 Å². The maximum absolute atomic E-state index is 13.2. The van der Waals surface area contributed by atoms with E-state index in [4.69, 9.17) is 14.2 Å². The second-order valence-corrected chi connectivity index (χ2v) is 11.8. The summed E-state index contributed by atoms with van der Waals surface area (Å²) in [6, 6.07) is 5.14. The lowest BCUT2D eigenvalue weighted by atomic mass is 9.84. The van der Waals surface area contributed by atoms with E-state index >= 15 is 0 Å². The maximum atomic E-state index is 13.2. The third-order valence-corrected chi connectivity index (χ3v) is 7.78. The summed E-state index contributed by atoms with van der Waals surface area (Å²) in [5.41, 5.74) is 1.30. The molecule has 5 rings (SSSR count). The zero-order valence-corrected chi connectivity index (χ0v) is 24.0. The zero-order chi connectivity index (χ0) is 30.0. The lowest BCUT2D eigenvalue weighted by molar-refractivity contribution is -0.145. The summed E-state index contributed by atoms with van der Waals surface area (Å²) >= 11 is 1.47. The number of hydrogen-bond donors (Lipinski definition) is 1. The van der Waals surface area contributed by atoms with Crippen molar-refractivity contribution in [1.82, 2.24) is 25.2 Å². The van der Waals surface area contributed by atoms with E-state index in [9.17, 15) is 22.8 Å². The minimum atomic E-state index is -4.65. The van der Waals surface area contributed by atoms with E-state index in [1.165, 1.54) is 11.3 Å². The standard InChI is InChI=1S/C28H30F3N5O5S/c1-15(2)40-27(38)36-11-20-13-39-14-21(12-36)23(20)41-22-5-18(4-19(6-22)25-33-7-16(3)42-25)24(37)32-8-17-9-34-26(35-10-17)28(29,30)31/h4-7,9-10,15,20-21,23H,8,11-14H2,1-3H3,(H,32,37). The predicted molar refractivity (Wildman–Crippen MR) is 146 cm³/mol. The smallest absolute Gasteiger partial charge is 0.451 e. The van der Waals surface area contributed by atoms with Crippen molar-refractivity contribution in [1.29, 1.82) is 0 Å². The van der Waals surface area contributed by atoms with E-state index in [2.05, 4.69) is 20.3 Å². The molecule has 0 saturated carbocycles. The molecule has 2 aliphatic heterocycles. The van der Waals surface area contributed by atoms with Gasteiger partial charge in [-0.1, -0.05) is 0 Å². The SMILES string of the molecule is Cc1cnc(-c2cc(OC3C4COCC3CN(C(=O)OC(C)C)C4)cc(C(=O)NCc3cnc(C(F)(F)F)nc3)c2)s1. The highest BCUT2D eigenvalue weighted by Gasteiger charge is 2.44. The van der Waals surface area contributed by atoms with E-state index in [1.54, 1.807) is 37.1 Å². The summed E-state index contributed by atoms with van der Waals surface area (Å²) in [4.78, 5) is 39.6. The molecule has 2 unspecified atom stereocenters. The quantitative estimate of drug-likeness (QED) is 0.411. The van der Waals surface area contributed by atoms with Gasteiger partial charge in [0.2, 0.25) is 5.82 Å². The molecule has 2 saturated heterocycles. The highest BCUT2D eigenvalue weighted by Crippen LogP contribution is 2.35. The van der Waals surface area contributed by atoms with E-state index in [0.717, 1.165) is 17.3 Å². The lowest BCUT2D eigenvalue weighted by Crippen LogP contribution is -2.58. The Labute approximate surface area is 244 Å². The Kier molecular flexibility index (Phi) is 8.64. The summed E-state index contributed by atoms with van der Waals surface area (Å²) in [5, 5.41) is 3.42. The molecule has 2 aromatic heterocycles. The van der Waals surface area contributed by atoms with Gasteiger partial charge in [0.05, 0.1) is 19.3 Å². The van der Waals surface area contributed by atoms with Gasteiger partial charge in [-0.2, -0.15) is 13.2 Å². The van der Waals surface area contributed by atoms with Crippen molar-refractivity contribution in [2.75, 3.05) is 26.3 Å². The van der Waals surface area contributed by atoms with Crippen LogP contribution in [0.4, 0.5) is 18.0 Å². The minimum Gasteiger partial charge on any atom is -0.489 e. The Hall–Kier alpha value is -3.78. The van der Waals surface area contributed by atoms with Crippen LogP contribution in [0.5, 0.6) is 5.75 Å². The van der Waals surface area contributed by atoms with Gasteiger partial charge in [-0.15, -0.1) is 11.3 Å². The van der Waals surface area contributed by atoms with Gasteiger partial charge in [-0.3, -0.25) is 4.79 Å². The van der Waals surface area contributed by atoms with E-state index in [0.29, 0.717) is 53.8 Å². The molecule has 2 amide bonds. The number of carbonyl (C=O) groups is 2. The third-order valence-electron chi connectivity index (χ3n) is 6.82. The number of carbonyl (C=O) groups excluding carboxylic acids is 2. The summed E-state index contributed by atoms with van der Waals surface area (Å²) in [6.45, 7) is 7.14. The Bertz CT molecular complexity index is 1420. The van der Waals surface area contributed by atoms with Crippen molar-refractivity contribution in [3.05, 3.63) is 58.6 Å². The van der Waals surface area contributed by atoms with Gasteiger partial charge in [0, 0.05) is 71.6 Å². The molecule has 224 valence electrons. The summed E-state index contributed by atoms with van der Waals surface area (Å²) in [7, 11) is 0. The van der Waals surface area contributed by atoms with Crippen LogP contribution >= 0.6 is 11.3 Å². The number of piperidine rings is 1. The number of nitrogens with one attached hydrogen (secondary N) is 1. The Morgan fingerprint density at radius 3 is 2.38 bits per heavy atom. The Morgan fingerprint density at radius 2 is 1.79 bits per heavy atom. The number of alkyl halides is 3. The molecule has 0 spiro atoms. The number of fused-ring (bicyclic) bond motifs is 2. The third kappa shape index (κ3) is 6.98. The number of aromatic nitrogens is 3. The molecule has 2 aliphatic rings. The Balaban J connectivity index is 1.34. The van der Waals surface area contributed by atoms with Crippen LogP contribution < -0.4 is 10.1 Å². The molecule has 3 aromatic rings. The van der Waals surface area contributed by atoms with Gasteiger partial charge in [0.25, 0.3) is 5.91 Å². The van der Waals surface area contributed by atoms with Gasteiger partial charge >= 0.3 is 12.3 Å². The molecule has 2 fully saturated rings. The van der Waals surface area contributed by atoms with Crippen LogP contribution in [0.2, 0.25) is 0 Å². The second kappa shape index (κ2) is 12.2. The van der Waals surface area contributed by atoms with Gasteiger partial charge in [-0.05, 0) is 39.0 Å². The number of hydrogen-bond acceptors (Lipinski definition) is 9. The fourth-order valence-electron chi connectivity index (χ4n) is 4.96. The number of nitrogens with zero attached hydrogens (tertiary/aromatic N) is 4. The first kappa shape index (κ1) is 29.7. The van der Waals surface area contributed by atoms with Crippen molar-refractivity contribution in [2.24, 2.45) is 11.8 Å². The van der Waals surface area contributed by atoms with Crippen LogP contribution in [0.3, 0.4) is 0 Å². The monoisotopic (exact) mass is 605 g/mol. The molecule has 0 radical (unpaired) electrons. The number of benzene rings is 1. The number of ether oxygens (including phenoxy) is 3. The van der Waals surface area contributed by atoms with Crippen molar-refractivity contribution in [2.45, 2.75) is 45.7 Å². The number of aryl methyl sites for hydroxylation is 1. The highest BCUT2D eigenvalue weighted by atomic mass is 32.1. The summed E-state index contributed by atoms with van der Waals surface area (Å²) in [6.07, 6.45) is -1.69. The average molecular weight is 606 g/mol. The Morgan fingerprint density at radius 1 is 1.10 bits per heavy atom.